The highest BCUT2D eigenvalue weighted by Gasteiger charge is 2.26. The second kappa shape index (κ2) is 6.67. The molecular formula is C17H27N3O2. The molecule has 0 saturated carbocycles. The number of nitrogens with zero attached hydrogens (tertiary/aromatic N) is 2. The third-order valence-corrected chi connectivity index (χ3v) is 4.01. The molecule has 122 valence electrons. The Balaban J connectivity index is 1.99. The molecular weight excluding hydrogens is 278 g/mol. The average Bonchev–Trinajstić information content (AvgIpc) is 2.99. The fourth-order valence-electron chi connectivity index (χ4n) is 2.66. The minimum absolute atomic E-state index is 0.428. The summed E-state index contributed by atoms with van der Waals surface area (Å²) in [6, 6.07) is 3.69. The minimum atomic E-state index is -1.02. The highest BCUT2D eigenvalue weighted by Crippen LogP contribution is 2.22. The second-order valence-electron chi connectivity index (χ2n) is 6.16. The van der Waals surface area contributed by atoms with Crippen LogP contribution in [0.2, 0.25) is 0 Å². The Morgan fingerprint density at radius 3 is 2.64 bits per heavy atom. The summed E-state index contributed by atoms with van der Waals surface area (Å²) in [5.41, 5.74) is 2.43. The van der Waals surface area contributed by atoms with Crippen molar-refractivity contribution in [3.05, 3.63) is 40.6 Å². The number of furan rings is 1. The molecule has 0 spiro atoms. The number of aromatic nitrogens is 2. The molecule has 1 atom stereocenters. The zero-order valence-electron chi connectivity index (χ0n) is 14.2. The van der Waals surface area contributed by atoms with E-state index >= 15 is 0 Å². The Kier molecular flexibility index (Phi) is 5.08. The number of aliphatic hydroxyl groups is 1. The number of hydrogen-bond donors (Lipinski definition) is 2. The largest absolute Gasteiger partial charge is 0.463 e. The molecule has 0 aliphatic rings. The van der Waals surface area contributed by atoms with E-state index in [1.807, 2.05) is 26.0 Å². The molecule has 0 aliphatic heterocycles. The fourth-order valence-corrected chi connectivity index (χ4v) is 2.66. The average molecular weight is 305 g/mol. The van der Waals surface area contributed by atoms with E-state index in [9.17, 15) is 5.11 Å². The van der Waals surface area contributed by atoms with Crippen molar-refractivity contribution in [3.8, 4) is 0 Å². The molecule has 2 N–H and O–H groups in total. The SMILES string of the molecule is CCCn1nc(C)c(CNCC(C)(O)c2ccc(C)o2)c1C. The van der Waals surface area contributed by atoms with Gasteiger partial charge in [0.1, 0.15) is 17.1 Å². The van der Waals surface area contributed by atoms with Gasteiger partial charge in [0, 0.05) is 30.9 Å². The van der Waals surface area contributed by atoms with E-state index in [0.29, 0.717) is 18.8 Å². The molecule has 0 saturated heterocycles. The Morgan fingerprint density at radius 2 is 2.05 bits per heavy atom. The van der Waals surface area contributed by atoms with Crippen molar-refractivity contribution in [2.24, 2.45) is 0 Å². The summed E-state index contributed by atoms with van der Waals surface area (Å²) in [6.07, 6.45) is 1.07. The van der Waals surface area contributed by atoms with Crippen LogP contribution in [0.1, 0.15) is 48.7 Å². The molecule has 1 unspecified atom stereocenters. The zero-order chi connectivity index (χ0) is 16.3. The molecule has 0 bridgehead atoms. The molecule has 0 aliphatic carbocycles. The maximum Gasteiger partial charge on any atom is 0.136 e. The lowest BCUT2D eigenvalue weighted by atomic mass is 10.0. The van der Waals surface area contributed by atoms with E-state index in [1.54, 1.807) is 6.92 Å². The van der Waals surface area contributed by atoms with Gasteiger partial charge >= 0.3 is 0 Å². The van der Waals surface area contributed by atoms with E-state index in [-0.39, 0.29) is 0 Å². The molecule has 2 heterocycles. The van der Waals surface area contributed by atoms with Gasteiger partial charge in [-0.15, -0.1) is 0 Å². The second-order valence-corrected chi connectivity index (χ2v) is 6.16. The van der Waals surface area contributed by atoms with Crippen LogP contribution in [-0.2, 0) is 18.7 Å². The van der Waals surface area contributed by atoms with Gasteiger partial charge in [0.15, 0.2) is 0 Å². The molecule has 0 fully saturated rings. The van der Waals surface area contributed by atoms with E-state index in [4.69, 9.17) is 4.42 Å². The third kappa shape index (κ3) is 3.59. The van der Waals surface area contributed by atoms with Crippen LogP contribution in [0.4, 0.5) is 0 Å². The summed E-state index contributed by atoms with van der Waals surface area (Å²) in [6.45, 7) is 12.0. The lowest BCUT2D eigenvalue weighted by Gasteiger charge is -2.21. The highest BCUT2D eigenvalue weighted by atomic mass is 16.4. The third-order valence-electron chi connectivity index (χ3n) is 4.01. The van der Waals surface area contributed by atoms with Crippen molar-refractivity contribution in [1.82, 2.24) is 15.1 Å². The van der Waals surface area contributed by atoms with Crippen LogP contribution in [0, 0.1) is 20.8 Å². The Morgan fingerprint density at radius 1 is 1.32 bits per heavy atom. The number of aryl methyl sites for hydroxylation is 3. The summed E-state index contributed by atoms with van der Waals surface area (Å²) >= 11 is 0. The van der Waals surface area contributed by atoms with Gasteiger partial charge in [0.25, 0.3) is 0 Å². The van der Waals surface area contributed by atoms with Crippen LogP contribution in [-0.4, -0.2) is 21.4 Å². The van der Waals surface area contributed by atoms with Gasteiger partial charge in [0.2, 0.25) is 0 Å². The summed E-state index contributed by atoms with van der Waals surface area (Å²) in [4.78, 5) is 0. The van der Waals surface area contributed by atoms with Gasteiger partial charge in [0.05, 0.1) is 5.69 Å². The lowest BCUT2D eigenvalue weighted by molar-refractivity contribution is 0.0332. The smallest absolute Gasteiger partial charge is 0.136 e. The first kappa shape index (κ1) is 16.8. The molecule has 2 aromatic heterocycles. The van der Waals surface area contributed by atoms with Crippen LogP contribution in [0.15, 0.2) is 16.5 Å². The quantitative estimate of drug-likeness (QED) is 0.825. The number of rotatable bonds is 7. The molecule has 5 nitrogen and oxygen atoms in total. The Labute approximate surface area is 132 Å². The molecule has 0 amide bonds. The summed E-state index contributed by atoms with van der Waals surface area (Å²) in [5, 5.41) is 18.4. The standard InChI is InChI=1S/C17H27N3O2/c1-6-9-20-14(4)15(13(3)19-20)10-18-11-17(5,21)16-8-7-12(2)22-16/h7-8,18,21H,6,9-11H2,1-5H3. The van der Waals surface area contributed by atoms with Gasteiger partial charge in [-0.1, -0.05) is 6.92 Å². The van der Waals surface area contributed by atoms with E-state index in [1.165, 1.54) is 11.3 Å². The first-order chi connectivity index (χ1) is 10.3. The van der Waals surface area contributed by atoms with Gasteiger partial charge in [-0.25, -0.2) is 0 Å². The van der Waals surface area contributed by atoms with Gasteiger partial charge in [-0.05, 0) is 46.2 Å². The lowest BCUT2D eigenvalue weighted by Crippen LogP contribution is -2.35. The van der Waals surface area contributed by atoms with E-state index in [0.717, 1.165) is 24.4 Å². The predicted molar refractivity (Wildman–Crippen MR) is 86.7 cm³/mol. The van der Waals surface area contributed by atoms with Crippen molar-refractivity contribution in [2.45, 2.75) is 59.7 Å². The van der Waals surface area contributed by atoms with Crippen molar-refractivity contribution < 1.29 is 9.52 Å². The minimum Gasteiger partial charge on any atom is -0.463 e. The van der Waals surface area contributed by atoms with Crippen molar-refractivity contribution in [3.63, 3.8) is 0 Å². The monoisotopic (exact) mass is 305 g/mol. The van der Waals surface area contributed by atoms with Gasteiger partial charge in [-0.2, -0.15) is 5.10 Å². The topological polar surface area (TPSA) is 63.2 Å². The first-order valence-corrected chi connectivity index (χ1v) is 7.88. The van der Waals surface area contributed by atoms with Crippen LogP contribution in [0.3, 0.4) is 0 Å². The van der Waals surface area contributed by atoms with E-state index < -0.39 is 5.60 Å². The van der Waals surface area contributed by atoms with Gasteiger partial charge in [-0.3, -0.25) is 4.68 Å². The predicted octanol–water partition coefficient (Wildman–Crippen LogP) is 2.81. The van der Waals surface area contributed by atoms with Crippen LogP contribution < -0.4 is 5.32 Å². The van der Waals surface area contributed by atoms with Crippen molar-refractivity contribution in [2.75, 3.05) is 6.54 Å². The van der Waals surface area contributed by atoms with Crippen LogP contribution in [0.25, 0.3) is 0 Å². The molecule has 2 rings (SSSR count). The maximum atomic E-state index is 10.5. The van der Waals surface area contributed by atoms with Crippen LogP contribution in [0.5, 0.6) is 0 Å². The highest BCUT2D eigenvalue weighted by molar-refractivity contribution is 5.24. The van der Waals surface area contributed by atoms with Crippen molar-refractivity contribution in [1.29, 1.82) is 0 Å². The fraction of sp³-hybridized carbons (Fsp3) is 0.588. The molecule has 5 heteroatoms. The van der Waals surface area contributed by atoms with Gasteiger partial charge < -0.3 is 14.8 Å². The molecule has 0 radical (unpaired) electrons. The normalized spacial score (nSPS) is 14.3. The maximum absolute atomic E-state index is 10.5. The molecule has 0 aromatic carbocycles. The molecule has 2 aromatic rings. The summed E-state index contributed by atoms with van der Waals surface area (Å²) in [5.74, 6) is 1.40. The van der Waals surface area contributed by atoms with Crippen molar-refractivity contribution >= 4 is 0 Å². The Bertz CT molecular complexity index is 626. The summed E-state index contributed by atoms with van der Waals surface area (Å²) in [7, 11) is 0. The zero-order valence-corrected chi connectivity index (χ0v) is 14.2. The van der Waals surface area contributed by atoms with E-state index in [2.05, 4.69) is 28.9 Å². The number of hydrogen-bond acceptors (Lipinski definition) is 4. The first-order valence-electron chi connectivity index (χ1n) is 7.88. The molecule has 22 heavy (non-hydrogen) atoms. The summed E-state index contributed by atoms with van der Waals surface area (Å²) < 4.78 is 7.58. The number of nitrogens with one attached hydrogen (secondary N) is 1. The Hall–Kier alpha value is -1.59. The van der Waals surface area contributed by atoms with Crippen LogP contribution >= 0.6 is 0 Å².